The molecule has 1 aromatic heterocycles. The summed E-state index contributed by atoms with van der Waals surface area (Å²) in [6, 6.07) is 4.26. The van der Waals surface area contributed by atoms with E-state index in [1.54, 1.807) is 6.07 Å². The van der Waals surface area contributed by atoms with Crippen LogP contribution in [0.5, 0.6) is 0 Å². The molecule has 1 heterocycles. The Kier molecular flexibility index (Phi) is 6.04. The minimum absolute atomic E-state index is 0.0720. The molecule has 2 N–H and O–H groups in total. The van der Waals surface area contributed by atoms with Crippen molar-refractivity contribution in [2.45, 2.75) is 26.2 Å². The highest BCUT2D eigenvalue weighted by atomic mass is 16.6. The van der Waals surface area contributed by atoms with Crippen LogP contribution in [-0.2, 0) is 4.74 Å². The molecule has 23 heavy (non-hydrogen) atoms. The lowest BCUT2D eigenvalue weighted by Gasteiger charge is -2.05. The van der Waals surface area contributed by atoms with E-state index in [4.69, 9.17) is 4.74 Å². The zero-order chi connectivity index (χ0) is 16.7. The number of rotatable bonds is 9. The van der Waals surface area contributed by atoms with Crippen LogP contribution < -0.4 is 5.32 Å². The molecule has 0 saturated heterocycles. The fourth-order valence-corrected chi connectivity index (χ4v) is 2.10. The number of benzene rings is 1. The zero-order valence-corrected chi connectivity index (χ0v) is 13.0. The van der Waals surface area contributed by atoms with Crippen LogP contribution in [0.15, 0.2) is 18.2 Å². The zero-order valence-electron chi connectivity index (χ0n) is 13.0. The quantitative estimate of drug-likeness (QED) is 0.419. The molecule has 8 heteroatoms. The molecule has 0 atom stereocenters. The first kappa shape index (κ1) is 16.9. The van der Waals surface area contributed by atoms with Gasteiger partial charge in [-0.1, -0.05) is 13.3 Å². The van der Waals surface area contributed by atoms with Crippen molar-refractivity contribution in [3.05, 3.63) is 34.0 Å². The third kappa shape index (κ3) is 4.49. The van der Waals surface area contributed by atoms with Gasteiger partial charge in [0.2, 0.25) is 0 Å². The number of aromatic nitrogens is 2. The van der Waals surface area contributed by atoms with E-state index in [0.29, 0.717) is 30.5 Å². The summed E-state index contributed by atoms with van der Waals surface area (Å²) in [4.78, 5) is 22.5. The van der Waals surface area contributed by atoms with Gasteiger partial charge >= 0.3 is 0 Å². The van der Waals surface area contributed by atoms with Crippen molar-refractivity contribution in [1.82, 2.24) is 15.5 Å². The molecule has 2 rings (SSSR count). The molecule has 0 saturated carbocycles. The first-order chi connectivity index (χ1) is 11.1. The highest BCUT2D eigenvalue weighted by molar-refractivity contribution is 6.05. The van der Waals surface area contributed by atoms with E-state index in [2.05, 4.69) is 22.4 Å². The molecule has 0 aliphatic carbocycles. The van der Waals surface area contributed by atoms with E-state index in [1.807, 2.05) is 0 Å². The van der Waals surface area contributed by atoms with Crippen LogP contribution >= 0.6 is 0 Å². The fraction of sp³-hybridized carbons (Fsp3) is 0.467. The SMILES string of the molecule is CCCCOCCCNC(=O)c1n[nH]c2ccc([N+](=O)[O-])cc12. The van der Waals surface area contributed by atoms with Gasteiger partial charge in [0.25, 0.3) is 11.6 Å². The Balaban J connectivity index is 1.90. The maximum atomic E-state index is 12.1. The lowest BCUT2D eigenvalue weighted by molar-refractivity contribution is -0.384. The number of carbonyl (C=O) groups excluding carboxylic acids is 1. The maximum Gasteiger partial charge on any atom is 0.272 e. The van der Waals surface area contributed by atoms with Crippen molar-refractivity contribution >= 4 is 22.5 Å². The average molecular weight is 320 g/mol. The van der Waals surface area contributed by atoms with Gasteiger partial charge in [-0.05, 0) is 18.9 Å². The molecule has 0 unspecified atom stereocenters. The van der Waals surface area contributed by atoms with E-state index >= 15 is 0 Å². The minimum Gasteiger partial charge on any atom is -0.381 e. The number of aromatic amines is 1. The number of ether oxygens (including phenoxy) is 1. The molecule has 124 valence electrons. The molecule has 0 radical (unpaired) electrons. The highest BCUT2D eigenvalue weighted by Gasteiger charge is 2.16. The molecule has 2 aromatic rings. The number of carbonyl (C=O) groups is 1. The lowest BCUT2D eigenvalue weighted by Crippen LogP contribution is -2.25. The Morgan fingerprint density at radius 1 is 1.39 bits per heavy atom. The standard InChI is InChI=1S/C15H20N4O4/c1-2-3-8-23-9-4-7-16-15(20)14-12-10-11(19(21)22)5-6-13(12)17-18-14/h5-6,10H,2-4,7-9H2,1H3,(H,16,20)(H,17,18). The number of nitrogens with one attached hydrogen (secondary N) is 2. The minimum atomic E-state index is -0.498. The number of non-ortho nitro benzene ring substituents is 1. The van der Waals surface area contributed by atoms with Gasteiger partial charge in [0.15, 0.2) is 5.69 Å². The Morgan fingerprint density at radius 3 is 2.91 bits per heavy atom. The molecule has 8 nitrogen and oxygen atoms in total. The summed E-state index contributed by atoms with van der Waals surface area (Å²) >= 11 is 0. The number of H-pyrrole nitrogens is 1. The second-order valence-electron chi connectivity index (χ2n) is 5.13. The number of hydrogen-bond donors (Lipinski definition) is 2. The van der Waals surface area contributed by atoms with E-state index in [9.17, 15) is 14.9 Å². The van der Waals surface area contributed by atoms with E-state index in [1.165, 1.54) is 12.1 Å². The van der Waals surface area contributed by atoms with Crippen LogP contribution in [0.25, 0.3) is 10.9 Å². The smallest absolute Gasteiger partial charge is 0.272 e. The van der Waals surface area contributed by atoms with E-state index in [0.717, 1.165) is 19.4 Å². The van der Waals surface area contributed by atoms with Gasteiger partial charge in [-0.15, -0.1) is 0 Å². The largest absolute Gasteiger partial charge is 0.381 e. The summed E-state index contributed by atoms with van der Waals surface area (Å²) in [5.41, 5.74) is 0.677. The summed E-state index contributed by atoms with van der Waals surface area (Å²) < 4.78 is 5.41. The number of amides is 1. The summed E-state index contributed by atoms with van der Waals surface area (Å²) in [7, 11) is 0. The van der Waals surface area contributed by atoms with E-state index < -0.39 is 4.92 Å². The van der Waals surface area contributed by atoms with Crippen molar-refractivity contribution in [2.75, 3.05) is 19.8 Å². The van der Waals surface area contributed by atoms with Crippen molar-refractivity contribution < 1.29 is 14.5 Å². The molecule has 1 aromatic carbocycles. The predicted molar refractivity (Wildman–Crippen MR) is 85.4 cm³/mol. The first-order valence-corrected chi connectivity index (χ1v) is 7.62. The number of unbranched alkanes of at least 4 members (excludes halogenated alkanes) is 1. The number of nitrogens with zero attached hydrogens (tertiary/aromatic N) is 2. The van der Waals surface area contributed by atoms with Gasteiger partial charge in [-0.2, -0.15) is 5.10 Å². The molecular weight excluding hydrogens is 300 g/mol. The average Bonchev–Trinajstić information content (AvgIpc) is 2.96. The van der Waals surface area contributed by atoms with Gasteiger partial charge in [0.1, 0.15) is 0 Å². The monoisotopic (exact) mass is 320 g/mol. The van der Waals surface area contributed by atoms with Crippen molar-refractivity contribution in [3.63, 3.8) is 0 Å². The van der Waals surface area contributed by atoms with Gasteiger partial charge < -0.3 is 10.1 Å². The van der Waals surface area contributed by atoms with Gasteiger partial charge in [0.05, 0.1) is 10.4 Å². The molecule has 0 aliphatic heterocycles. The van der Waals surface area contributed by atoms with Crippen LogP contribution in [0.1, 0.15) is 36.7 Å². The van der Waals surface area contributed by atoms with Crippen molar-refractivity contribution in [2.24, 2.45) is 0 Å². The molecule has 0 aliphatic rings. The second kappa shape index (κ2) is 8.23. The normalized spacial score (nSPS) is 10.8. The number of nitro groups is 1. The van der Waals surface area contributed by atoms with Crippen LogP contribution in [0.3, 0.4) is 0 Å². The highest BCUT2D eigenvalue weighted by Crippen LogP contribution is 2.21. The van der Waals surface area contributed by atoms with Crippen LogP contribution in [0.2, 0.25) is 0 Å². The lowest BCUT2D eigenvalue weighted by atomic mass is 10.2. The Hall–Kier alpha value is -2.48. The number of nitro benzene ring substituents is 1. The molecule has 0 bridgehead atoms. The van der Waals surface area contributed by atoms with Crippen molar-refractivity contribution in [1.29, 1.82) is 0 Å². The Morgan fingerprint density at radius 2 is 2.17 bits per heavy atom. The Labute approximate surface area is 133 Å². The summed E-state index contributed by atoms with van der Waals surface area (Å²) in [5, 5.41) is 20.7. The van der Waals surface area contributed by atoms with Gasteiger partial charge in [-0.25, -0.2) is 0 Å². The predicted octanol–water partition coefficient (Wildman–Crippen LogP) is 2.41. The third-order valence-corrected chi connectivity index (χ3v) is 3.37. The molecule has 0 spiro atoms. The molecule has 0 fully saturated rings. The molecule has 1 amide bonds. The van der Waals surface area contributed by atoms with Crippen LogP contribution in [-0.4, -0.2) is 40.8 Å². The fourth-order valence-electron chi connectivity index (χ4n) is 2.10. The van der Waals surface area contributed by atoms with Crippen molar-refractivity contribution in [3.8, 4) is 0 Å². The van der Waals surface area contributed by atoms with Gasteiger partial charge in [0, 0.05) is 37.3 Å². The number of hydrogen-bond acceptors (Lipinski definition) is 5. The Bertz CT molecular complexity index is 683. The topological polar surface area (TPSA) is 110 Å². The summed E-state index contributed by atoms with van der Waals surface area (Å²) in [5.74, 6) is -0.356. The van der Waals surface area contributed by atoms with Crippen LogP contribution in [0.4, 0.5) is 5.69 Å². The first-order valence-electron chi connectivity index (χ1n) is 7.62. The molecular formula is C15H20N4O4. The van der Waals surface area contributed by atoms with Crippen LogP contribution in [0, 0.1) is 10.1 Å². The number of fused-ring (bicyclic) bond motifs is 1. The summed E-state index contributed by atoms with van der Waals surface area (Å²) in [6.07, 6.45) is 2.83. The third-order valence-electron chi connectivity index (χ3n) is 3.37. The summed E-state index contributed by atoms with van der Waals surface area (Å²) in [6.45, 7) is 3.89. The van der Waals surface area contributed by atoms with E-state index in [-0.39, 0.29) is 17.3 Å². The van der Waals surface area contributed by atoms with Gasteiger partial charge in [-0.3, -0.25) is 20.0 Å². The second-order valence-corrected chi connectivity index (χ2v) is 5.13. The maximum absolute atomic E-state index is 12.1.